The summed E-state index contributed by atoms with van der Waals surface area (Å²) in [6.45, 7) is 0.241. The molecule has 7 heteroatoms. The molecule has 0 unspecified atom stereocenters. The Kier molecular flexibility index (Phi) is 4.44. The first-order valence-corrected chi connectivity index (χ1v) is 7.83. The molecule has 112 valence electrons. The number of fused-ring (bicyclic) bond motifs is 1. The van der Waals surface area contributed by atoms with Crippen LogP contribution < -0.4 is 9.88 Å². The highest BCUT2D eigenvalue weighted by atomic mass is 32.2. The quantitative estimate of drug-likeness (QED) is 0.790. The van der Waals surface area contributed by atoms with Crippen LogP contribution in [0.15, 0.2) is 41.3 Å². The maximum atomic E-state index is 11.6. The number of hydrogen-bond donors (Lipinski definition) is 2. The molecule has 2 aromatic rings. The van der Waals surface area contributed by atoms with Crippen molar-refractivity contribution in [2.45, 2.75) is 17.7 Å². The highest BCUT2D eigenvalue weighted by Crippen LogP contribution is 2.30. The summed E-state index contributed by atoms with van der Waals surface area (Å²) >= 11 is 0. The number of sulfonamides is 1. The van der Waals surface area contributed by atoms with Crippen LogP contribution in [-0.4, -0.2) is 26.1 Å². The Labute approximate surface area is 122 Å². The first-order chi connectivity index (χ1) is 9.89. The summed E-state index contributed by atoms with van der Waals surface area (Å²) in [6, 6.07) is 9.79. The van der Waals surface area contributed by atoms with E-state index in [-0.39, 0.29) is 17.9 Å². The molecule has 0 spiro atoms. The van der Waals surface area contributed by atoms with Gasteiger partial charge in [0.25, 0.3) is 0 Å². The Morgan fingerprint density at radius 2 is 1.81 bits per heavy atom. The smallest absolute Gasteiger partial charge is 0.303 e. The van der Waals surface area contributed by atoms with E-state index in [4.69, 9.17) is 15.0 Å². The number of carboxylic acid groups (broad SMARTS) is 1. The third kappa shape index (κ3) is 3.71. The summed E-state index contributed by atoms with van der Waals surface area (Å²) in [5.41, 5.74) is 0. The van der Waals surface area contributed by atoms with E-state index in [9.17, 15) is 13.2 Å². The zero-order valence-electron chi connectivity index (χ0n) is 11.2. The van der Waals surface area contributed by atoms with Gasteiger partial charge in [0.15, 0.2) is 0 Å². The molecule has 0 saturated heterocycles. The van der Waals surface area contributed by atoms with E-state index in [1.807, 2.05) is 0 Å². The fraction of sp³-hybridized carbons (Fsp3) is 0.214. The predicted octanol–water partition coefficient (Wildman–Crippen LogP) is 1.73. The molecule has 0 fully saturated rings. The number of benzene rings is 2. The molecule has 0 amide bonds. The van der Waals surface area contributed by atoms with Gasteiger partial charge < -0.3 is 9.84 Å². The third-order valence-corrected chi connectivity index (χ3v) is 3.91. The molecule has 21 heavy (non-hydrogen) atoms. The lowest BCUT2D eigenvalue weighted by Gasteiger charge is -2.11. The van der Waals surface area contributed by atoms with Crippen molar-refractivity contribution in [1.29, 1.82) is 0 Å². The second-order valence-corrected chi connectivity index (χ2v) is 6.03. The van der Waals surface area contributed by atoms with Gasteiger partial charge in [-0.15, -0.1) is 0 Å². The van der Waals surface area contributed by atoms with Gasteiger partial charge in [0.05, 0.1) is 11.5 Å². The van der Waals surface area contributed by atoms with Crippen molar-refractivity contribution in [2.75, 3.05) is 6.61 Å². The second-order valence-electron chi connectivity index (χ2n) is 4.50. The number of rotatable bonds is 6. The minimum absolute atomic E-state index is 0.0210. The Hall–Kier alpha value is -2.12. The molecule has 6 nitrogen and oxygen atoms in total. The third-order valence-electron chi connectivity index (χ3n) is 2.94. The number of aliphatic carboxylic acids is 1. The monoisotopic (exact) mass is 309 g/mol. The molecule has 0 aromatic heterocycles. The molecule has 0 aliphatic carbocycles. The Morgan fingerprint density at radius 3 is 2.43 bits per heavy atom. The molecule has 2 rings (SSSR count). The van der Waals surface area contributed by atoms with Crippen molar-refractivity contribution >= 4 is 26.8 Å². The maximum absolute atomic E-state index is 11.6. The summed E-state index contributed by atoms with van der Waals surface area (Å²) in [4.78, 5) is 10.5. The fourth-order valence-electron chi connectivity index (χ4n) is 2.02. The van der Waals surface area contributed by atoms with E-state index in [1.165, 1.54) is 12.1 Å². The lowest BCUT2D eigenvalue weighted by Crippen LogP contribution is -2.12. The molecule has 0 bridgehead atoms. The van der Waals surface area contributed by atoms with Gasteiger partial charge in [0, 0.05) is 17.2 Å². The molecule has 2 aromatic carbocycles. The molecule has 0 heterocycles. The van der Waals surface area contributed by atoms with Gasteiger partial charge in [-0.25, -0.2) is 13.6 Å². The van der Waals surface area contributed by atoms with Crippen molar-refractivity contribution in [3.8, 4) is 5.75 Å². The minimum atomic E-state index is -3.82. The molecule has 0 aliphatic heterocycles. The Bertz CT molecular complexity index is 770. The second kappa shape index (κ2) is 6.11. The van der Waals surface area contributed by atoms with E-state index >= 15 is 0 Å². The zero-order chi connectivity index (χ0) is 15.5. The highest BCUT2D eigenvalue weighted by Gasteiger charge is 2.14. The number of nitrogens with two attached hydrogens (primary N) is 1. The molecular weight excluding hydrogens is 294 g/mol. The van der Waals surface area contributed by atoms with Crippen molar-refractivity contribution < 1.29 is 23.1 Å². The standard InChI is InChI=1S/C14H15NO5S/c15-21(18,19)13-8-7-12(20-9-3-6-14(16)17)10-4-1-2-5-11(10)13/h1-2,4-5,7-8H,3,6,9H2,(H,16,17)(H2,15,18,19). The van der Waals surface area contributed by atoms with E-state index in [0.717, 1.165) is 0 Å². The SMILES string of the molecule is NS(=O)(=O)c1ccc(OCCCC(=O)O)c2ccccc12. The summed E-state index contributed by atoms with van der Waals surface area (Å²) < 4.78 is 28.7. The van der Waals surface area contributed by atoms with Gasteiger partial charge in [-0.1, -0.05) is 24.3 Å². The van der Waals surface area contributed by atoms with Gasteiger partial charge in [0.1, 0.15) is 5.75 Å². The van der Waals surface area contributed by atoms with E-state index in [2.05, 4.69) is 0 Å². The molecule has 0 saturated carbocycles. The first kappa shape index (κ1) is 15.3. The van der Waals surface area contributed by atoms with Crippen LogP contribution in [0.1, 0.15) is 12.8 Å². The number of primary sulfonamides is 1. The predicted molar refractivity (Wildman–Crippen MR) is 77.7 cm³/mol. The van der Waals surface area contributed by atoms with Crippen LogP contribution in [0.5, 0.6) is 5.75 Å². The number of carboxylic acids is 1. The lowest BCUT2D eigenvalue weighted by atomic mass is 10.1. The van der Waals surface area contributed by atoms with Crippen molar-refractivity contribution in [3.05, 3.63) is 36.4 Å². The first-order valence-electron chi connectivity index (χ1n) is 6.29. The average Bonchev–Trinajstić information content (AvgIpc) is 2.42. The van der Waals surface area contributed by atoms with Gasteiger partial charge in [-0.05, 0) is 18.6 Å². The number of hydrogen-bond acceptors (Lipinski definition) is 4. The van der Waals surface area contributed by atoms with E-state index < -0.39 is 16.0 Å². The van der Waals surface area contributed by atoms with Gasteiger partial charge in [0.2, 0.25) is 10.0 Å². The van der Waals surface area contributed by atoms with Crippen LogP contribution in [0, 0.1) is 0 Å². The van der Waals surface area contributed by atoms with Crippen LogP contribution in [0.4, 0.5) is 0 Å². The van der Waals surface area contributed by atoms with Gasteiger partial charge in [-0.3, -0.25) is 4.79 Å². The van der Waals surface area contributed by atoms with Gasteiger partial charge >= 0.3 is 5.97 Å². The summed E-state index contributed by atoms with van der Waals surface area (Å²) in [5.74, 6) is -0.378. The summed E-state index contributed by atoms with van der Waals surface area (Å²) in [5, 5.41) is 14.9. The van der Waals surface area contributed by atoms with E-state index in [0.29, 0.717) is 22.9 Å². The van der Waals surface area contributed by atoms with Crippen LogP contribution >= 0.6 is 0 Å². The molecule has 3 N–H and O–H groups in total. The van der Waals surface area contributed by atoms with Crippen molar-refractivity contribution in [3.63, 3.8) is 0 Å². The molecule has 0 radical (unpaired) electrons. The molecular formula is C14H15NO5S. The molecule has 0 aliphatic rings. The van der Waals surface area contributed by atoms with Crippen LogP contribution in [0.2, 0.25) is 0 Å². The topological polar surface area (TPSA) is 107 Å². The highest BCUT2D eigenvalue weighted by molar-refractivity contribution is 7.89. The number of ether oxygens (including phenoxy) is 1. The minimum Gasteiger partial charge on any atom is -0.493 e. The van der Waals surface area contributed by atoms with E-state index in [1.54, 1.807) is 24.3 Å². The van der Waals surface area contributed by atoms with Crippen LogP contribution in [-0.2, 0) is 14.8 Å². The largest absolute Gasteiger partial charge is 0.493 e. The summed E-state index contributed by atoms with van der Waals surface area (Å²) in [6.07, 6.45) is 0.397. The zero-order valence-corrected chi connectivity index (χ0v) is 12.0. The Balaban J connectivity index is 2.32. The van der Waals surface area contributed by atoms with Crippen molar-refractivity contribution in [1.82, 2.24) is 0 Å². The normalized spacial score (nSPS) is 11.5. The van der Waals surface area contributed by atoms with Crippen LogP contribution in [0.25, 0.3) is 10.8 Å². The number of carbonyl (C=O) groups is 1. The van der Waals surface area contributed by atoms with Gasteiger partial charge in [-0.2, -0.15) is 0 Å². The lowest BCUT2D eigenvalue weighted by molar-refractivity contribution is -0.137. The maximum Gasteiger partial charge on any atom is 0.303 e. The summed E-state index contributed by atoms with van der Waals surface area (Å²) in [7, 11) is -3.82. The fourth-order valence-corrected chi connectivity index (χ4v) is 2.77. The average molecular weight is 309 g/mol. The Morgan fingerprint density at radius 1 is 1.14 bits per heavy atom. The molecule has 0 atom stereocenters. The van der Waals surface area contributed by atoms with Crippen LogP contribution in [0.3, 0.4) is 0 Å². The van der Waals surface area contributed by atoms with Crippen molar-refractivity contribution in [2.24, 2.45) is 5.14 Å².